The molecule has 1 rings (SSSR count). The molecule has 1 saturated carbocycles. The lowest BCUT2D eigenvalue weighted by atomic mass is 9.86. The smallest absolute Gasteiger partial charge is 0.108 e. The quantitative estimate of drug-likeness (QED) is 0.337. The zero-order chi connectivity index (χ0) is 16.0. The van der Waals surface area contributed by atoms with Gasteiger partial charge in [-0.05, 0) is 31.7 Å². The summed E-state index contributed by atoms with van der Waals surface area (Å²) >= 11 is 0. The average molecular weight is 312 g/mol. The molecule has 0 aromatic rings. The van der Waals surface area contributed by atoms with Gasteiger partial charge in [0.2, 0.25) is 0 Å². The molecule has 0 heterocycles. The fourth-order valence-corrected chi connectivity index (χ4v) is 3.73. The maximum absolute atomic E-state index is 6.05. The summed E-state index contributed by atoms with van der Waals surface area (Å²) in [6.45, 7) is 5.57. The molecular formula is C20H41NO. The van der Waals surface area contributed by atoms with Crippen molar-refractivity contribution >= 4 is 0 Å². The molecule has 0 radical (unpaired) electrons. The van der Waals surface area contributed by atoms with E-state index in [4.69, 9.17) is 4.74 Å². The van der Waals surface area contributed by atoms with Crippen molar-refractivity contribution in [1.29, 1.82) is 0 Å². The predicted molar refractivity (Wildman–Crippen MR) is 97.1 cm³/mol. The van der Waals surface area contributed by atoms with Crippen molar-refractivity contribution in [2.45, 2.75) is 104 Å². The molecule has 0 aromatic carbocycles. The highest BCUT2D eigenvalue weighted by Crippen LogP contribution is 2.27. The lowest BCUT2D eigenvalue weighted by Gasteiger charge is -2.22. The highest BCUT2D eigenvalue weighted by Gasteiger charge is 2.14. The summed E-state index contributed by atoms with van der Waals surface area (Å²) in [6, 6.07) is 0. The molecule has 2 atom stereocenters. The summed E-state index contributed by atoms with van der Waals surface area (Å²) in [5.74, 6) is 1.79. The molecule has 1 fully saturated rings. The van der Waals surface area contributed by atoms with E-state index in [1.165, 1.54) is 77.0 Å². The van der Waals surface area contributed by atoms with Crippen LogP contribution in [0.4, 0.5) is 0 Å². The van der Waals surface area contributed by atoms with Gasteiger partial charge in [-0.15, -0.1) is 0 Å². The summed E-state index contributed by atoms with van der Waals surface area (Å²) in [7, 11) is 2.03. The molecule has 22 heavy (non-hydrogen) atoms. The number of nitrogens with one attached hydrogen (secondary N) is 1. The van der Waals surface area contributed by atoms with Gasteiger partial charge in [-0.25, -0.2) is 0 Å². The van der Waals surface area contributed by atoms with Gasteiger partial charge in [-0.1, -0.05) is 84.5 Å². The van der Waals surface area contributed by atoms with Crippen LogP contribution in [0.25, 0.3) is 0 Å². The molecule has 0 saturated heterocycles. The van der Waals surface area contributed by atoms with Crippen molar-refractivity contribution in [2.75, 3.05) is 13.7 Å². The molecule has 132 valence electrons. The van der Waals surface area contributed by atoms with Crippen molar-refractivity contribution in [3.63, 3.8) is 0 Å². The van der Waals surface area contributed by atoms with Crippen LogP contribution in [-0.4, -0.2) is 19.9 Å². The van der Waals surface area contributed by atoms with Gasteiger partial charge in [0.15, 0.2) is 0 Å². The fraction of sp³-hybridized carbons (Fsp3) is 1.00. The maximum Gasteiger partial charge on any atom is 0.108 e. The predicted octanol–water partition coefficient (Wildman–Crippen LogP) is 5.91. The van der Waals surface area contributed by atoms with Crippen molar-refractivity contribution in [1.82, 2.24) is 5.32 Å². The molecule has 1 aliphatic carbocycles. The lowest BCUT2D eigenvalue weighted by Crippen LogP contribution is -2.30. The minimum Gasteiger partial charge on any atom is -0.363 e. The van der Waals surface area contributed by atoms with Gasteiger partial charge in [0.1, 0.15) is 6.23 Å². The first-order valence-corrected chi connectivity index (χ1v) is 10.0. The Morgan fingerprint density at radius 3 is 2.50 bits per heavy atom. The molecule has 2 nitrogen and oxygen atoms in total. The Bertz CT molecular complexity index is 238. The maximum atomic E-state index is 6.05. The van der Waals surface area contributed by atoms with Gasteiger partial charge >= 0.3 is 0 Å². The van der Waals surface area contributed by atoms with Crippen molar-refractivity contribution in [3.8, 4) is 0 Å². The number of hydrogen-bond donors (Lipinski definition) is 1. The van der Waals surface area contributed by atoms with Crippen LogP contribution < -0.4 is 5.32 Å². The highest BCUT2D eigenvalue weighted by molar-refractivity contribution is 4.66. The van der Waals surface area contributed by atoms with Crippen LogP contribution in [0.1, 0.15) is 97.3 Å². The fourth-order valence-electron chi connectivity index (χ4n) is 3.73. The summed E-state index contributed by atoms with van der Waals surface area (Å²) in [5, 5.41) is 3.34. The minimum absolute atomic E-state index is 0.256. The summed E-state index contributed by atoms with van der Waals surface area (Å²) in [6.07, 6.45) is 18.2. The zero-order valence-corrected chi connectivity index (χ0v) is 15.5. The van der Waals surface area contributed by atoms with Crippen LogP contribution in [0.3, 0.4) is 0 Å². The van der Waals surface area contributed by atoms with Crippen LogP contribution in [0.15, 0.2) is 0 Å². The highest BCUT2D eigenvalue weighted by atomic mass is 16.5. The largest absolute Gasteiger partial charge is 0.363 e. The van der Waals surface area contributed by atoms with Crippen LogP contribution in [-0.2, 0) is 4.74 Å². The number of ether oxygens (including phenoxy) is 1. The molecule has 0 aromatic heterocycles. The van der Waals surface area contributed by atoms with Gasteiger partial charge in [-0.2, -0.15) is 0 Å². The summed E-state index contributed by atoms with van der Waals surface area (Å²) in [5.41, 5.74) is 0. The third-order valence-electron chi connectivity index (χ3n) is 5.29. The molecular weight excluding hydrogens is 270 g/mol. The number of unbranched alkanes of at least 4 members (excludes halogenated alkanes) is 3. The van der Waals surface area contributed by atoms with E-state index in [9.17, 15) is 0 Å². The van der Waals surface area contributed by atoms with E-state index in [0.717, 1.165) is 24.9 Å². The Labute approximate surface area is 139 Å². The van der Waals surface area contributed by atoms with E-state index in [1.807, 2.05) is 7.05 Å². The third kappa shape index (κ3) is 9.84. The molecule has 1 N–H and O–H groups in total. The van der Waals surface area contributed by atoms with E-state index in [0.29, 0.717) is 0 Å². The molecule has 0 bridgehead atoms. The third-order valence-corrected chi connectivity index (χ3v) is 5.29. The Balaban J connectivity index is 2.00. The molecule has 1 aliphatic rings. The molecule has 0 amide bonds. The topological polar surface area (TPSA) is 21.3 Å². The average Bonchev–Trinajstić information content (AvgIpc) is 2.54. The van der Waals surface area contributed by atoms with E-state index >= 15 is 0 Å². The Kier molecular flexibility index (Phi) is 12.1. The number of rotatable bonds is 13. The van der Waals surface area contributed by atoms with Gasteiger partial charge in [-0.3, -0.25) is 5.32 Å². The molecule has 2 unspecified atom stereocenters. The Morgan fingerprint density at radius 1 is 1.05 bits per heavy atom. The van der Waals surface area contributed by atoms with E-state index in [-0.39, 0.29) is 6.23 Å². The van der Waals surface area contributed by atoms with Gasteiger partial charge in [0, 0.05) is 6.61 Å². The summed E-state index contributed by atoms with van der Waals surface area (Å²) < 4.78 is 6.05. The van der Waals surface area contributed by atoms with Gasteiger partial charge in [0.25, 0.3) is 0 Å². The first-order valence-electron chi connectivity index (χ1n) is 10.0. The van der Waals surface area contributed by atoms with Gasteiger partial charge in [0.05, 0.1) is 0 Å². The van der Waals surface area contributed by atoms with Crippen LogP contribution >= 0.6 is 0 Å². The first kappa shape index (κ1) is 20.0. The second kappa shape index (κ2) is 13.4. The Morgan fingerprint density at radius 2 is 1.82 bits per heavy atom. The normalized spacial score (nSPS) is 19.2. The molecule has 0 aliphatic heterocycles. The van der Waals surface area contributed by atoms with Crippen LogP contribution in [0.5, 0.6) is 0 Å². The van der Waals surface area contributed by atoms with E-state index < -0.39 is 0 Å². The molecule has 2 heteroatoms. The van der Waals surface area contributed by atoms with Crippen molar-refractivity contribution in [2.24, 2.45) is 11.8 Å². The lowest BCUT2D eigenvalue weighted by molar-refractivity contribution is 0.0163. The van der Waals surface area contributed by atoms with Crippen molar-refractivity contribution < 1.29 is 4.74 Å². The van der Waals surface area contributed by atoms with Crippen molar-refractivity contribution in [3.05, 3.63) is 0 Å². The minimum atomic E-state index is 0.256. The monoisotopic (exact) mass is 311 g/mol. The first-order chi connectivity index (χ1) is 10.8. The SMILES string of the molecule is CCCCCC(C)CC(NC)OCCCCC1CCCCC1. The van der Waals surface area contributed by atoms with Gasteiger partial charge < -0.3 is 4.74 Å². The van der Waals surface area contributed by atoms with E-state index in [1.54, 1.807) is 0 Å². The zero-order valence-electron chi connectivity index (χ0n) is 15.5. The van der Waals surface area contributed by atoms with Crippen LogP contribution in [0, 0.1) is 11.8 Å². The Hall–Kier alpha value is -0.0800. The number of hydrogen-bond acceptors (Lipinski definition) is 2. The standard InChI is InChI=1S/C20H41NO/c1-4-5-7-12-18(2)17-20(21-3)22-16-11-10-15-19-13-8-6-9-14-19/h18-21H,4-17H2,1-3H3. The molecule has 0 spiro atoms. The van der Waals surface area contributed by atoms with E-state index in [2.05, 4.69) is 19.2 Å². The second-order valence-electron chi connectivity index (χ2n) is 7.48. The second-order valence-corrected chi connectivity index (χ2v) is 7.48. The summed E-state index contributed by atoms with van der Waals surface area (Å²) in [4.78, 5) is 0. The van der Waals surface area contributed by atoms with Crippen LogP contribution in [0.2, 0.25) is 0 Å².